The quantitative estimate of drug-likeness (QED) is 0.123. The number of aliphatic hydroxyl groups excluding tert-OH is 1. The molecule has 4 aromatic rings. The molecule has 1 aliphatic heterocycles. The summed E-state index contributed by atoms with van der Waals surface area (Å²) in [6.07, 6.45) is 0. The number of Topliss-reactive ketones (excluding diaryl/α,β-unsaturated/α-hetero) is 1. The second-order valence-corrected chi connectivity index (χ2v) is 9.96. The van der Waals surface area contributed by atoms with Crippen LogP contribution in [0, 0.1) is 6.92 Å². The van der Waals surface area contributed by atoms with E-state index in [0.717, 1.165) is 11.1 Å². The second kappa shape index (κ2) is 12.0. The summed E-state index contributed by atoms with van der Waals surface area (Å²) in [6, 6.07) is 26.6. The van der Waals surface area contributed by atoms with Crippen LogP contribution in [0.1, 0.15) is 44.2 Å². The van der Waals surface area contributed by atoms with E-state index in [9.17, 15) is 24.6 Å². The van der Waals surface area contributed by atoms with Gasteiger partial charge in [0.25, 0.3) is 11.7 Å². The van der Waals surface area contributed by atoms with E-state index in [1.54, 1.807) is 54.6 Å². The summed E-state index contributed by atoms with van der Waals surface area (Å²) in [6.45, 7) is 2.25. The largest absolute Gasteiger partial charge is 0.508 e. The highest BCUT2D eigenvalue weighted by atomic mass is 16.5. The molecule has 1 fully saturated rings. The van der Waals surface area contributed by atoms with Gasteiger partial charge in [0.1, 0.15) is 23.9 Å². The van der Waals surface area contributed by atoms with E-state index >= 15 is 0 Å². The van der Waals surface area contributed by atoms with Crippen LogP contribution >= 0.6 is 0 Å². The molecule has 42 heavy (non-hydrogen) atoms. The van der Waals surface area contributed by atoms with Crippen molar-refractivity contribution in [2.45, 2.75) is 26.1 Å². The summed E-state index contributed by atoms with van der Waals surface area (Å²) >= 11 is 0. The van der Waals surface area contributed by atoms with Crippen molar-refractivity contribution in [1.29, 1.82) is 0 Å². The minimum atomic E-state index is -0.916. The Morgan fingerprint density at radius 3 is 2.17 bits per heavy atom. The maximum absolute atomic E-state index is 13.4. The Morgan fingerprint density at radius 2 is 1.52 bits per heavy atom. The fraction of sp³-hybridized carbons (Fsp3) is 0.147. The predicted octanol–water partition coefficient (Wildman–Crippen LogP) is 5.69. The molecule has 1 saturated heterocycles. The number of ether oxygens (including phenoxy) is 2. The molecule has 1 aliphatic rings. The lowest BCUT2D eigenvalue weighted by molar-refractivity contribution is -0.140. The Hall–Kier alpha value is -5.37. The Labute approximate surface area is 243 Å². The smallest absolute Gasteiger partial charge is 0.337 e. The number of carbonyl (C=O) groups is 3. The zero-order chi connectivity index (χ0) is 29.8. The molecule has 1 amide bonds. The van der Waals surface area contributed by atoms with Crippen LogP contribution in [0.4, 0.5) is 0 Å². The summed E-state index contributed by atoms with van der Waals surface area (Å²) in [5, 5.41) is 21.3. The number of rotatable bonds is 8. The number of methoxy groups -OCH3 is 1. The molecule has 2 N–H and O–H groups in total. The van der Waals surface area contributed by atoms with Crippen molar-refractivity contribution in [3.8, 4) is 11.5 Å². The minimum Gasteiger partial charge on any atom is -0.508 e. The van der Waals surface area contributed by atoms with Gasteiger partial charge >= 0.3 is 5.97 Å². The minimum absolute atomic E-state index is 0.0239. The first-order chi connectivity index (χ1) is 20.3. The number of likely N-dealkylation sites (tertiary alicyclic amines) is 1. The van der Waals surface area contributed by atoms with Gasteiger partial charge in [-0.3, -0.25) is 9.59 Å². The van der Waals surface area contributed by atoms with E-state index in [-0.39, 0.29) is 23.6 Å². The average molecular weight is 564 g/mol. The molecular formula is C34H29NO7. The zero-order valence-electron chi connectivity index (χ0n) is 23.1. The molecular weight excluding hydrogens is 534 g/mol. The van der Waals surface area contributed by atoms with E-state index in [4.69, 9.17) is 9.47 Å². The lowest BCUT2D eigenvalue weighted by Crippen LogP contribution is -2.29. The number of nitrogens with zero attached hydrogens (tertiary/aromatic N) is 1. The molecule has 0 aliphatic carbocycles. The number of hydrogen-bond acceptors (Lipinski definition) is 7. The van der Waals surface area contributed by atoms with Crippen molar-refractivity contribution in [3.63, 3.8) is 0 Å². The summed E-state index contributed by atoms with van der Waals surface area (Å²) in [4.78, 5) is 40.0. The molecule has 0 aromatic heterocycles. The number of carbonyl (C=O) groups excluding carboxylic acids is 3. The van der Waals surface area contributed by atoms with Gasteiger partial charge in [-0.05, 0) is 71.6 Å². The molecule has 8 heteroatoms. The van der Waals surface area contributed by atoms with Gasteiger partial charge in [0, 0.05) is 12.1 Å². The highest BCUT2D eigenvalue weighted by molar-refractivity contribution is 6.46. The molecule has 0 saturated carbocycles. The lowest BCUT2D eigenvalue weighted by atomic mass is 9.94. The summed E-state index contributed by atoms with van der Waals surface area (Å²) in [5.41, 5.74) is 3.63. The Morgan fingerprint density at radius 1 is 0.857 bits per heavy atom. The topological polar surface area (TPSA) is 113 Å². The Balaban J connectivity index is 1.49. The van der Waals surface area contributed by atoms with Crippen LogP contribution in [0.5, 0.6) is 11.5 Å². The van der Waals surface area contributed by atoms with Crippen molar-refractivity contribution in [2.24, 2.45) is 0 Å². The normalized spacial score (nSPS) is 16.0. The molecule has 0 radical (unpaired) electrons. The number of aromatic hydroxyl groups is 1. The number of phenolic OH excluding ortho intramolecular Hbond substituents is 1. The average Bonchev–Trinajstić information content (AvgIpc) is 3.25. The SMILES string of the molecule is COC(=O)c1ccc(CN2C(=O)C(=O)/C(=C(\O)c3ccc(OCc4ccccc4)c(C)c3)C2c2ccc(O)cc2)cc1. The number of phenols is 1. The first-order valence-electron chi connectivity index (χ1n) is 13.3. The number of benzene rings is 4. The van der Waals surface area contributed by atoms with Crippen LogP contribution in [0.25, 0.3) is 5.76 Å². The first-order valence-corrected chi connectivity index (χ1v) is 13.3. The predicted molar refractivity (Wildman–Crippen MR) is 156 cm³/mol. The van der Waals surface area contributed by atoms with Crippen LogP contribution < -0.4 is 4.74 Å². The van der Waals surface area contributed by atoms with Crippen LogP contribution in [-0.4, -0.2) is 39.9 Å². The molecule has 1 unspecified atom stereocenters. The second-order valence-electron chi connectivity index (χ2n) is 9.96. The standard InChI is InChI=1S/C34H29NO7/c1-21-18-26(14-17-28(21)42-20-23-6-4-3-5-7-23)31(37)29-30(24-12-15-27(36)16-13-24)35(33(39)32(29)38)19-22-8-10-25(11-9-22)34(40)41-2/h3-18,30,36-37H,19-20H2,1-2H3/b31-29-. The van der Waals surface area contributed by atoms with Crippen LogP contribution in [0.15, 0.2) is 103 Å². The Kier molecular flexibility index (Phi) is 8.06. The number of aliphatic hydroxyl groups is 1. The maximum Gasteiger partial charge on any atom is 0.337 e. The molecule has 8 nitrogen and oxygen atoms in total. The van der Waals surface area contributed by atoms with Gasteiger partial charge in [0.05, 0.1) is 24.3 Å². The zero-order valence-corrected chi connectivity index (χ0v) is 23.1. The molecule has 212 valence electrons. The first kappa shape index (κ1) is 28.2. The number of aryl methyl sites for hydroxylation is 1. The van der Waals surface area contributed by atoms with Gasteiger partial charge in [-0.15, -0.1) is 0 Å². The van der Waals surface area contributed by atoms with Gasteiger partial charge in [-0.25, -0.2) is 4.79 Å². The third kappa shape index (κ3) is 5.74. The third-order valence-electron chi connectivity index (χ3n) is 7.16. The van der Waals surface area contributed by atoms with E-state index in [0.29, 0.717) is 34.6 Å². The highest BCUT2D eigenvalue weighted by Crippen LogP contribution is 2.41. The van der Waals surface area contributed by atoms with E-state index < -0.39 is 23.7 Å². The summed E-state index contributed by atoms with van der Waals surface area (Å²) in [5.74, 6) is -1.74. The molecule has 5 rings (SSSR count). The maximum atomic E-state index is 13.4. The Bertz CT molecular complexity index is 1660. The number of esters is 1. The van der Waals surface area contributed by atoms with Crippen molar-refractivity contribution in [3.05, 3.63) is 136 Å². The number of hydrogen-bond donors (Lipinski definition) is 2. The van der Waals surface area contributed by atoms with Gasteiger partial charge in [-0.1, -0.05) is 54.6 Å². The van der Waals surface area contributed by atoms with Crippen LogP contribution in [0.3, 0.4) is 0 Å². The summed E-state index contributed by atoms with van der Waals surface area (Å²) in [7, 11) is 1.29. The van der Waals surface area contributed by atoms with Crippen LogP contribution in [0.2, 0.25) is 0 Å². The fourth-order valence-corrected chi connectivity index (χ4v) is 4.96. The van der Waals surface area contributed by atoms with E-state index in [1.807, 2.05) is 37.3 Å². The van der Waals surface area contributed by atoms with Gasteiger partial charge < -0.3 is 24.6 Å². The van der Waals surface area contributed by atoms with Gasteiger partial charge in [-0.2, -0.15) is 0 Å². The molecule has 1 atom stereocenters. The molecule has 0 spiro atoms. The third-order valence-corrected chi connectivity index (χ3v) is 7.16. The van der Waals surface area contributed by atoms with Gasteiger partial charge in [0.15, 0.2) is 0 Å². The lowest BCUT2D eigenvalue weighted by Gasteiger charge is -2.25. The van der Waals surface area contributed by atoms with Crippen molar-refractivity contribution >= 4 is 23.4 Å². The molecule has 4 aromatic carbocycles. The van der Waals surface area contributed by atoms with Crippen molar-refractivity contribution < 1.29 is 34.1 Å². The van der Waals surface area contributed by atoms with Gasteiger partial charge in [0.2, 0.25) is 0 Å². The highest BCUT2D eigenvalue weighted by Gasteiger charge is 2.46. The number of amides is 1. The molecule has 0 bridgehead atoms. The molecule has 1 heterocycles. The van der Waals surface area contributed by atoms with E-state index in [2.05, 4.69) is 0 Å². The fourth-order valence-electron chi connectivity index (χ4n) is 4.96. The summed E-state index contributed by atoms with van der Waals surface area (Å²) < 4.78 is 10.7. The van der Waals surface area contributed by atoms with Crippen LogP contribution in [-0.2, 0) is 27.5 Å². The van der Waals surface area contributed by atoms with Crippen molar-refractivity contribution in [1.82, 2.24) is 4.90 Å². The number of ketones is 1. The van der Waals surface area contributed by atoms with E-state index in [1.165, 1.54) is 24.1 Å². The monoisotopic (exact) mass is 563 g/mol. The van der Waals surface area contributed by atoms with Crippen molar-refractivity contribution in [2.75, 3.05) is 7.11 Å².